The molecule has 0 aromatic carbocycles. The fraction of sp³-hybridized carbons (Fsp3) is 0.417. The van der Waals surface area contributed by atoms with E-state index in [2.05, 4.69) is 22.0 Å². The van der Waals surface area contributed by atoms with E-state index in [9.17, 15) is 0 Å². The van der Waals surface area contributed by atoms with E-state index in [1.54, 1.807) is 6.20 Å². The monoisotopic (exact) mass is 250 g/mol. The van der Waals surface area contributed by atoms with Gasteiger partial charge in [0.05, 0.1) is 17.1 Å². The van der Waals surface area contributed by atoms with E-state index in [0.717, 1.165) is 30.0 Å². The summed E-state index contributed by atoms with van der Waals surface area (Å²) >= 11 is 6.15. The van der Waals surface area contributed by atoms with Crippen LogP contribution >= 0.6 is 11.6 Å². The van der Waals surface area contributed by atoms with Crippen LogP contribution in [0.2, 0.25) is 5.15 Å². The Balaban J connectivity index is 2.52. The lowest BCUT2D eigenvalue weighted by molar-refractivity contribution is 0.607. The third-order valence-electron chi connectivity index (χ3n) is 2.66. The zero-order valence-corrected chi connectivity index (χ0v) is 11.0. The lowest BCUT2D eigenvalue weighted by Gasteiger charge is -2.08. The van der Waals surface area contributed by atoms with E-state index in [-0.39, 0.29) is 0 Å². The molecule has 0 amide bonds. The van der Waals surface area contributed by atoms with Gasteiger partial charge in [-0.3, -0.25) is 4.68 Å². The molecule has 0 N–H and O–H groups in total. The number of hydrogen-bond donors (Lipinski definition) is 0. The standard InChI is InChI=1S/C12H15ClN4/c1-4-7-17-10(5-6-14-17)11-12(13)16-9(3)8(2)15-11/h5-6H,4,7H2,1-3H3. The minimum atomic E-state index is 0.436. The van der Waals surface area contributed by atoms with Gasteiger partial charge >= 0.3 is 0 Å². The highest BCUT2D eigenvalue weighted by atomic mass is 35.5. The van der Waals surface area contributed by atoms with Crippen LogP contribution in [0.5, 0.6) is 0 Å². The van der Waals surface area contributed by atoms with Gasteiger partial charge in [0.1, 0.15) is 5.69 Å². The van der Waals surface area contributed by atoms with Crippen molar-refractivity contribution >= 4 is 11.6 Å². The number of aromatic nitrogens is 4. The molecule has 2 rings (SSSR count). The van der Waals surface area contributed by atoms with Crippen molar-refractivity contribution in [3.63, 3.8) is 0 Å². The zero-order valence-electron chi connectivity index (χ0n) is 10.2. The van der Waals surface area contributed by atoms with Crippen LogP contribution in [0.25, 0.3) is 11.4 Å². The highest BCUT2D eigenvalue weighted by Gasteiger charge is 2.13. The van der Waals surface area contributed by atoms with Crippen molar-refractivity contribution in [2.24, 2.45) is 0 Å². The summed E-state index contributed by atoms with van der Waals surface area (Å²) in [5, 5.41) is 4.70. The molecular formula is C12H15ClN4. The Morgan fingerprint density at radius 3 is 2.65 bits per heavy atom. The van der Waals surface area contributed by atoms with Crippen LogP contribution in [0.3, 0.4) is 0 Å². The minimum absolute atomic E-state index is 0.436. The normalized spacial score (nSPS) is 10.8. The molecule has 0 radical (unpaired) electrons. The van der Waals surface area contributed by atoms with E-state index < -0.39 is 0 Å². The number of nitrogens with zero attached hydrogens (tertiary/aromatic N) is 4. The maximum Gasteiger partial charge on any atom is 0.157 e. The lowest BCUT2D eigenvalue weighted by Crippen LogP contribution is -2.04. The fourth-order valence-electron chi connectivity index (χ4n) is 1.66. The van der Waals surface area contributed by atoms with Crippen LogP contribution in [-0.4, -0.2) is 19.7 Å². The molecule has 0 fully saturated rings. The molecule has 0 spiro atoms. The largest absolute Gasteiger partial charge is 0.263 e. The van der Waals surface area contributed by atoms with Crippen molar-refractivity contribution in [2.45, 2.75) is 33.7 Å². The molecule has 0 aliphatic heterocycles. The van der Waals surface area contributed by atoms with Crippen molar-refractivity contribution < 1.29 is 0 Å². The molecule has 4 nitrogen and oxygen atoms in total. The van der Waals surface area contributed by atoms with E-state index in [4.69, 9.17) is 11.6 Å². The molecule has 0 aliphatic rings. The van der Waals surface area contributed by atoms with Crippen LogP contribution in [0, 0.1) is 13.8 Å². The Hall–Kier alpha value is -1.42. The van der Waals surface area contributed by atoms with Crippen LogP contribution in [0.1, 0.15) is 24.7 Å². The van der Waals surface area contributed by atoms with Gasteiger partial charge in [-0.25, -0.2) is 9.97 Å². The second-order valence-corrected chi connectivity index (χ2v) is 4.33. The number of aryl methyl sites for hydroxylation is 3. The van der Waals surface area contributed by atoms with Gasteiger partial charge in [0, 0.05) is 12.7 Å². The topological polar surface area (TPSA) is 43.6 Å². The fourth-order valence-corrected chi connectivity index (χ4v) is 1.93. The molecule has 2 aromatic heterocycles. The van der Waals surface area contributed by atoms with Crippen LogP contribution < -0.4 is 0 Å². The van der Waals surface area contributed by atoms with E-state index >= 15 is 0 Å². The molecule has 17 heavy (non-hydrogen) atoms. The number of rotatable bonds is 3. The molecule has 2 heterocycles. The first kappa shape index (κ1) is 12.0. The minimum Gasteiger partial charge on any atom is -0.263 e. The van der Waals surface area contributed by atoms with Crippen LogP contribution in [0.4, 0.5) is 0 Å². The average molecular weight is 251 g/mol. The smallest absolute Gasteiger partial charge is 0.157 e. The molecule has 0 bridgehead atoms. The summed E-state index contributed by atoms with van der Waals surface area (Å²) in [5.74, 6) is 0. The van der Waals surface area contributed by atoms with Gasteiger partial charge in [0.15, 0.2) is 5.15 Å². The van der Waals surface area contributed by atoms with Gasteiger partial charge in [-0.05, 0) is 26.3 Å². The Bertz CT molecular complexity index is 533. The third-order valence-corrected chi connectivity index (χ3v) is 2.92. The Morgan fingerprint density at radius 1 is 1.24 bits per heavy atom. The lowest BCUT2D eigenvalue weighted by atomic mass is 10.2. The molecule has 5 heteroatoms. The highest BCUT2D eigenvalue weighted by Crippen LogP contribution is 2.25. The summed E-state index contributed by atoms with van der Waals surface area (Å²) in [6.07, 6.45) is 2.78. The maximum atomic E-state index is 6.15. The predicted molar refractivity (Wildman–Crippen MR) is 68.0 cm³/mol. The van der Waals surface area contributed by atoms with Gasteiger partial charge in [-0.2, -0.15) is 5.10 Å². The maximum absolute atomic E-state index is 6.15. The molecular weight excluding hydrogens is 236 g/mol. The second-order valence-electron chi connectivity index (χ2n) is 3.97. The first-order valence-corrected chi connectivity index (χ1v) is 6.04. The Kier molecular flexibility index (Phi) is 3.43. The summed E-state index contributed by atoms with van der Waals surface area (Å²) in [5.41, 5.74) is 3.39. The summed E-state index contributed by atoms with van der Waals surface area (Å²) < 4.78 is 1.91. The molecule has 2 aromatic rings. The van der Waals surface area contributed by atoms with Gasteiger partial charge in [-0.1, -0.05) is 18.5 Å². The summed E-state index contributed by atoms with van der Waals surface area (Å²) in [7, 11) is 0. The van der Waals surface area contributed by atoms with Gasteiger partial charge < -0.3 is 0 Å². The van der Waals surface area contributed by atoms with Gasteiger partial charge in [-0.15, -0.1) is 0 Å². The summed E-state index contributed by atoms with van der Waals surface area (Å²) in [6.45, 7) is 6.80. The SMILES string of the molecule is CCCn1nccc1-c1nc(C)c(C)nc1Cl. The number of hydrogen-bond acceptors (Lipinski definition) is 3. The predicted octanol–water partition coefficient (Wildman–Crippen LogP) is 3.02. The quantitative estimate of drug-likeness (QED) is 0.841. The van der Waals surface area contributed by atoms with E-state index in [1.165, 1.54) is 0 Å². The molecule has 0 unspecified atom stereocenters. The summed E-state index contributed by atoms with van der Waals surface area (Å²) in [6, 6.07) is 1.92. The third kappa shape index (κ3) is 2.31. The average Bonchev–Trinajstić information content (AvgIpc) is 2.72. The Labute approximate surface area is 106 Å². The van der Waals surface area contributed by atoms with Crippen LogP contribution in [-0.2, 0) is 6.54 Å². The highest BCUT2D eigenvalue weighted by molar-refractivity contribution is 6.31. The molecule has 90 valence electrons. The van der Waals surface area contributed by atoms with Crippen molar-refractivity contribution in [3.8, 4) is 11.4 Å². The van der Waals surface area contributed by atoms with Gasteiger partial charge in [0.2, 0.25) is 0 Å². The summed E-state index contributed by atoms with van der Waals surface area (Å²) in [4.78, 5) is 8.79. The van der Waals surface area contributed by atoms with Crippen molar-refractivity contribution in [1.29, 1.82) is 0 Å². The van der Waals surface area contributed by atoms with E-state index in [1.807, 2.05) is 24.6 Å². The van der Waals surface area contributed by atoms with Crippen molar-refractivity contribution in [2.75, 3.05) is 0 Å². The zero-order chi connectivity index (χ0) is 12.4. The van der Waals surface area contributed by atoms with Crippen molar-refractivity contribution in [3.05, 3.63) is 28.8 Å². The molecule has 0 saturated heterocycles. The number of halogens is 1. The first-order chi connectivity index (χ1) is 8.13. The second kappa shape index (κ2) is 4.84. The van der Waals surface area contributed by atoms with E-state index in [0.29, 0.717) is 10.8 Å². The molecule has 0 aliphatic carbocycles. The van der Waals surface area contributed by atoms with Crippen molar-refractivity contribution in [1.82, 2.24) is 19.7 Å². The molecule has 0 atom stereocenters. The Morgan fingerprint density at radius 2 is 1.94 bits per heavy atom. The van der Waals surface area contributed by atoms with Gasteiger partial charge in [0.25, 0.3) is 0 Å². The molecule has 0 saturated carbocycles. The first-order valence-electron chi connectivity index (χ1n) is 5.66. The van der Waals surface area contributed by atoms with Crippen LogP contribution in [0.15, 0.2) is 12.3 Å².